The molecule has 3 heteroatoms. The number of nitrogens with zero attached hydrogens (tertiary/aromatic N) is 1. The minimum atomic E-state index is 0.0317. The number of ether oxygens (including phenoxy) is 1. The second-order valence-electron chi connectivity index (χ2n) is 4.34. The van der Waals surface area contributed by atoms with Crippen LogP contribution in [0.1, 0.15) is 16.7 Å². The van der Waals surface area contributed by atoms with Gasteiger partial charge in [0.1, 0.15) is 11.5 Å². The van der Waals surface area contributed by atoms with Gasteiger partial charge in [-0.2, -0.15) is 5.26 Å². The summed E-state index contributed by atoms with van der Waals surface area (Å²) in [5.41, 5.74) is 2.82. The minimum absolute atomic E-state index is 0.0317. The van der Waals surface area contributed by atoms with E-state index in [1.165, 1.54) is 0 Å². The monoisotopic (exact) mass is 253 g/mol. The molecule has 0 spiro atoms. The van der Waals surface area contributed by atoms with E-state index in [-0.39, 0.29) is 6.61 Å². The van der Waals surface area contributed by atoms with Crippen molar-refractivity contribution in [1.29, 1.82) is 5.26 Å². The molecule has 0 aromatic heterocycles. The molecule has 0 fully saturated rings. The summed E-state index contributed by atoms with van der Waals surface area (Å²) in [6.07, 6.45) is 0.407. The Bertz CT molecular complexity index is 597. The van der Waals surface area contributed by atoms with Crippen LogP contribution in [0.15, 0.2) is 42.5 Å². The number of hydrogen-bond acceptors (Lipinski definition) is 3. The Labute approximate surface area is 112 Å². The van der Waals surface area contributed by atoms with E-state index in [1.807, 2.05) is 49.4 Å². The van der Waals surface area contributed by atoms with Crippen LogP contribution in [0.5, 0.6) is 11.5 Å². The zero-order valence-electron chi connectivity index (χ0n) is 10.8. The summed E-state index contributed by atoms with van der Waals surface area (Å²) in [5, 5.41) is 17.7. The predicted octanol–water partition coefficient (Wildman–Crippen LogP) is 3.35. The van der Waals surface area contributed by atoms with Gasteiger partial charge in [0.25, 0.3) is 0 Å². The van der Waals surface area contributed by atoms with Crippen molar-refractivity contribution in [2.24, 2.45) is 0 Å². The minimum Gasteiger partial charge on any atom is -0.457 e. The first kappa shape index (κ1) is 13.1. The maximum atomic E-state index is 9.06. The van der Waals surface area contributed by atoms with Crippen molar-refractivity contribution in [3.8, 4) is 17.6 Å². The molecule has 0 heterocycles. The van der Waals surface area contributed by atoms with Gasteiger partial charge >= 0.3 is 0 Å². The maximum absolute atomic E-state index is 9.06. The van der Waals surface area contributed by atoms with Gasteiger partial charge in [0.15, 0.2) is 0 Å². The first-order chi connectivity index (χ1) is 9.22. The largest absolute Gasteiger partial charge is 0.457 e. The van der Waals surface area contributed by atoms with Gasteiger partial charge in [-0.3, -0.25) is 0 Å². The van der Waals surface area contributed by atoms with E-state index in [0.717, 1.165) is 28.2 Å². The third-order valence-electron chi connectivity index (χ3n) is 2.86. The van der Waals surface area contributed by atoms with Crippen LogP contribution in [0.2, 0.25) is 0 Å². The molecule has 0 bridgehead atoms. The van der Waals surface area contributed by atoms with Crippen LogP contribution in [0.4, 0.5) is 0 Å². The molecule has 0 atom stereocenters. The molecule has 0 radical (unpaired) electrons. The Morgan fingerprint density at radius 3 is 2.37 bits per heavy atom. The number of nitriles is 1. The zero-order valence-corrected chi connectivity index (χ0v) is 10.8. The molecular formula is C16H15NO2. The molecule has 19 heavy (non-hydrogen) atoms. The molecular weight excluding hydrogens is 238 g/mol. The van der Waals surface area contributed by atoms with Crippen LogP contribution in [0, 0.1) is 18.3 Å². The molecule has 2 aromatic rings. The van der Waals surface area contributed by atoms with Gasteiger partial charge in [0.05, 0.1) is 19.1 Å². The molecule has 3 nitrogen and oxygen atoms in total. The van der Waals surface area contributed by atoms with Gasteiger partial charge in [-0.05, 0) is 41.8 Å². The van der Waals surface area contributed by atoms with Crippen molar-refractivity contribution in [2.45, 2.75) is 20.0 Å². The van der Waals surface area contributed by atoms with Gasteiger partial charge in [0.2, 0.25) is 0 Å². The Morgan fingerprint density at radius 2 is 1.79 bits per heavy atom. The van der Waals surface area contributed by atoms with Crippen LogP contribution < -0.4 is 4.74 Å². The van der Waals surface area contributed by atoms with Crippen molar-refractivity contribution in [2.75, 3.05) is 0 Å². The van der Waals surface area contributed by atoms with E-state index in [2.05, 4.69) is 6.07 Å². The summed E-state index contributed by atoms with van der Waals surface area (Å²) in [7, 11) is 0. The third kappa shape index (κ3) is 3.34. The van der Waals surface area contributed by atoms with E-state index in [4.69, 9.17) is 15.1 Å². The molecule has 0 aliphatic rings. The number of aliphatic hydroxyl groups is 1. The molecule has 2 rings (SSSR count). The number of hydrogen-bond donors (Lipinski definition) is 1. The quantitative estimate of drug-likeness (QED) is 0.909. The van der Waals surface area contributed by atoms with Crippen LogP contribution in [0.25, 0.3) is 0 Å². The summed E-state index contributed by atoms with van der Waals surface area (Å²) < 4.78 is 5.78. The fourth-order valence-electron chi connectivity index (χ4n) is 1.82. The number of aryl methyl sites for hydroxylation is 1. The van der Waals surface area contributed by atoms with Crippen LogP contribution in [0.3, 0.4) is 0 Å². The van der Waals surface area contributed by atoms with Gasteiger partial charge in [-0.25, -0.2) is 0 Å². The second-order valence-corrected chi connectivity index (χ2v) is 4.34. The molecule has 2 aromatic carbocycles. The van der Waals surface area contributed by atoms with Crippen molar-refractivity contribution in [1.82, 2.24) is 0 Å². The number of rotatable bonds is 4. The topological polar surface area (TPSA) is 53.2 Å². The summed E-state index contributed by atoms with van der Waals surface area (Å²) >= 11 is 0. The van der Waals surface area contributed by atoms with E-state index in [9.17, 15) is 0 Å². The SMILES string of the molecule is Cc1cc(CO)ccc1Oc1ccc(CC#N)cc1. The highest BCUT2D eigenvalue weighted by molar-refractivity contribution is 5.40. The molecule has 0 saturated carbocycles. The zero-order chi connectivity index (χ0) is 13.7. The fraction of sp³-hybridized carbons (Fsp3) is 0.188. The highest BCUT2D eigenvalue weighted by Crippen LogP contribution is 2.26. The highest BCUT2D eigenvalue weighted by Gasteiger charge is 2.03. The summed E-state index contributed by atoms with van der Waals surface area (Å²) in [6, 6.07) is 15.2. The lowest BCUT2D eigenvalue weighted by molar-refractivity contribution is 0.281. The highest BCUT2D eigenvalue weighted by atomic mass is 16.5. The smallest absolute Gasteiger partial charge is 0.130 e. The Balaban J connectivity index is 2.15. The summed E-state index contributed by atoms with van der Waals surface area (Å²) in [6.45, 7) is 1.97. The van der Waals surface area contributed by atoms with E-state index >= 15 is 0 Å². The van der Waals surface area contributed by atoms with Gasteiger partial charge in [0, 0.05) is 0 Å². The molecule has 96 valence electrons. The average Bonchev–Trinajstić information content (AvgIpc) is 2.43. The second kappa shape index (κ2) is 6.03. The first-order valence-electron chi connectivity index (χ1n) is 6.07. The predicted molar refractivity (Wildman–Crippen MR) is 72.9 cm³/mol. The Hall–Kier alpha value is -2.31. The van der Waals surface area contributed by atoms with Crippen LogP contribution >= 0.6 is 0 Å². The van der Waals surface area contributed by atoms with E-state index < -0.39 is 0 Å². The van der Waals surface area contributed by atoms with Crippen molar-refractivity contribution >= 4 is 0 Å². The first-order valence-corrected chi connectivity index (χ1v) is 6.07. The third-order valence-corrected chi connectivity index (χ3v) is 2.86. The van der Waals surface area contributed by atoms with Crippen LogP contribution in [-0.4, -0.2) is 5.11 Å². The molecule has 0 amide bonds. The van der Waals surface area contributed by atoms with Crippen molar-refractivity contribution in [3.05, 3.63) is 59.2 Å². The number of aliphatic hydroxyl groups excluding tert-OH is 1. The van der Waals surface area contributed by atoms with Crippen molar-refractivity contribution in [3.63, 3.8) is 0 Å². The van der Waals surface area contributed by atoms with Gasteiger partial charge in [-0.15, -0.1) is 0 Å². The lowest BCUT2D eigenvalue weighted by Crippen LogP contribution is -1.91. The molecule has 0 saturated heterocycles. The van der Waals surface area contributed by atoms with Gasteiger partial charge in [-0.1, -0.05) is 24.3 Å². The fourth-order valence-corrected chi connectivity index (χ4v) is 1.82. The molecule has 0 unspecified atom stereocenters. The average molecular weight is 253 g/mol. The standard InChI is InChI=1S/C16H15NO2/c1-12-10-14(11-18)4-7-16(12)19-15-5-2-13(3-6-15)8-9-17/h2-7,10,18H,8,11H2,1H3. The normalized spacial score (nSPS) is 9.95. The van der Waals surface area contributed by atoms with Crippen LogP contribution in [-0.2, 0) is 13.0 Å². The molecule has 0 aliphatic heterocycles. The lowest BCUT2D eigenvalue weighted by atomic mass is 10.1. The maximum Gasteiger partial charge on any atom is 0.130 e. The number of benzene rings is 2. The van der Waals surface area contributed by atoms with E-state index in [0.29, 0.717) is 6.42 Å². The van der Waals surface area contributed by atoms with E-state index in [1.54, 1.807) is 0 Å². The molecule has 1 N–H and O–H groups in total. The van der Waals surface area contributed by atoms with Crippen molar-refractivity contribution < 1.29 is 9.84 Å². The lowest BCUT2D eigenvalue weighted by Gasteiger charge is -2.10. The Morgan fingerprint density at radius 1 is 1.11 bits per heavy atom. The summed E-state index contributed by atoms with van der Waals surface area (Å²) in [4.78, 5) is 0. The molecule has 0 aliphatic carbocycles. The van der Waals surface area contributed by atoms with Gasteiger partial charge < -0.3 is 9.84 Å². The summed E-state index contributed by atoms with van der Waals surface area (Å²) in [5.74, 6) is 1.51. The Kier molecular flexibility index (Phi) is 4.17.